The first kappa shape index (κ1) is 15.3. The predicted octanol–water partition coefficient (Wildman–Crippen LogP) is 1.52. The summed E-state index contributed by atoms with van der Waals surface area (Å²) in [6, 6.07) is 0. The number of halogens is 1. The molecule has 0 unspecified atom stereocenters. The van der Waals surface area contributed by atoms with E-state index in [1.54, 1.807) is 30.3 Å². The molecule has 0 saturated heterocycles. The van der Waals surface area contributed by atoms with Crippen LogP contribution in [0.2, 0.25) is 0 Å². The normalized spacial score (nSPS) is 9.62. The van der Waals surface area contributed by atoms with Crippen molar-refractivity contribution in [2.75, 3.05) is 20.6 Å². The fraction of sp³-hybridized carbons (Fsp3) is 0.600. The van der Waals surface area contributed by atoms with Gasteiger partial charge in [0.1, 0.15) is 0 Å². The Hall–Kier alpha value is -0.650. The van der Waals surface area contributed by atoms with Gasteiger partial charge in [0.15, 0.2) is 0 Å². The van der Waals surface area contributed by atoms with E-state index in [9.17, 15) is 4.79 Å². The largest absolute Gasteiger partial charge is 0.349 e. The predicted molar refractivity (Wildman–Crippen MR) is 69.0 cm³/mol. The van der Waals surface area contributed by atoms with Gasteiger partial charge in [-0.1, -0.05) is 0 Å². The van der Waals surface area contributed by atoms with Crippen LogP contribution in [-0.4, -0.2) is 36.4 Å². The van der Waals surface area contributed by atoms with Gasteiger partial charge in [0.2, 0.25) is 5.91 Å². The number of hydrogen-bond donors (Lipinski definition) is 1. The van der Waals surface area contributed by atoms with Gasteiger partial charge in [-0.3, -0.25) is 4.79 Å². The molecule has 0 spiro atoms. The molecule has 92 valence electrons. The maximum Gasteiger partial charge on any atom is 0.222 e. The monoisotopic (exact) mass is 263 g/mol. The van der Waals surface area contributed by atoms with Crippen LogP contribution in [0.3, 0.4) is 0 Å². The van der Waals surface area contributed by atoms with E-state index in [1.807, 2.05) is 10.9 Å². The summed E-state index contributed by atoms with van der Waals surface area (Å²) in [4.78, 5) is 17.0. The molecule has 0 aliphatic heterocycles. The Balaban J connectivity index is 0.00000225. The van der Waals surface area contributed by atoms with E-state index in [0.29, 0.717) is 6.42 Å². The molecule has 0 bridgehead atoms. The molecule has 1 aromatic rings. The summed E-state index contributed by atoms with van der Waals surface area (Å²) in [6.45, 7) is 1.65. The number of carbonyl (C=O) groups excluding carboxylic acids is 1. The lowest BCUT2D eigenvalue weighted by molar-refractivity contribution is -0.128. The lowest BCUT2D eigenvalue weighted by Gasteiger charge is -2.09. The van der Waals surface area contributed by atoms with Crippen molar-refractivity contribution in [3.8, 4) is 0 Å². The minimum absolute atomic E-state index is 0. The minimum Gasteiger partial charge on any atom is -0.349 e. The number of nitrogens with zero attached hydrogens (tertiary/aromatic N) is 2. The van der Waals surface area contributed by atoms with E-state index in [0.717, 1.165) is 25.2 Å². The van der Waals surface area contributed by atoms with Crippen molar-refractivity contribution >= 4 is 29.7 Å². The molecule has 0 saturated carbocycles. The van der Waals surface area contributed by atoms with Gasteiger partial charge in [-0.05, 0) is 13.0 Å². The Morgan fingerprint density at radius 3 is 2.88 bits per heavy atom. The maximum absolute atomic E-state index is 11.2. The number of nitrogens with one attached hydrogen (secondary N) is 1. The quantitative estimate of drug-likeness (QED) is 0.792. The van der Waals surface area contributed by atoms with E-state index in [4.69, 9.17) is 0 Å². The molecule has 1 heterocycles. The highest BCUT2D eigenvalue weighted by atomic mass is 35.5. The number of aromatic nitrogens is 1. The molecule has 0 radical (unpaired) electrons. The Morgan fingerprint density at radius 2 is 2.31 bits per heavy atom. The Kier molecular flexibility index (Phi) is 8.15. The maximum atomic E-state index is 11.2. The molecular weight excluding hydrogens is 246 g/mol. The second-order valence-corrected chi connectivity index (χ2v) is 4.27. The molecule has 0 aromatic carbocycles. The summed E-state index contributed by atoms with van der Waals surface area (Å²) in [7, 11) is 3.57. The van der Waals surface area contributed by atoms with Gasteiger partial charge in [0.25, 0.3) is 0 Å². The van der Waals surface area contributed by atoms with E-state index < -0.39 is 0 Å². The number of thiazole rings is 1. The SMILES string of the molecule is CN(C)C(=O)CCCNCc1cscn1.Cl. The molecule has 1 rings (SSSR count). The van der Waals surface area contributed by atoms with Gasteiger partial charge in [0, 0.05) is 32.4 Å². The average molecular weight is 264 g/mol. The fourth-order valence-corrected chi connectivity index (χ4v) is 1.69. The molecule has 16 heavy (non-hydrogen) atoms. The molecule has 1 aromatic heterocycles. The van der Waals surface area contributed by atoms with Crippen molar-refractivity contribution in [1.82, 2.24) is 15.2 Å². The van der Waals surface area contributed by atoms with Crippen LogP contribution in [0.5, 0.6) is 0 Å². The van der Waals surface area contributed by atoms with Crippen LogP contribution >= 0.6 is 23.7 Å². The first-order valence-electron chi connectivity index (χ1n) is 4.98. The second kappa shape index (κ2) is 8.50. The van der Waals surface area contributed by atoms with Crippen molar-refractivity contribution in [2.24, 2.45) is 0 Å². The van der Waals surface area contributed by atoms with Crippen molar-refractivity contribution in [3.05, 3.63) is 16.6 Å². The summed E-state index contributed by atoms with van der Waals surface area (Å²) in [5, 5.41) is 5.28. The minimum atomic E-state index is 0. The summed E-state index contributed by atoms with van der Waals surface area (Å²) >= 11 is 1.60. The fourth-order valence-electron chi connectivity index (χ4n) is 1.13. The van der Waals surface area contributed by atoms with Crippen LogP contribution in [0.1, 0.15) is 18.5 Å². The molecule has 1 N–H and O–H groups in total. The van der Waals surface area contributed by atoms with Crippen molar-refractivity contribution in [1.29, 1.82) is 0 Å². The van der Waals surface area contributed by atoms with Crippen LogP contribution in [0.25, 0.3) is 0 Å². The van der Waals surface area contributed by atoms with Gasteiger partial charge in [-0.25, -0.2) is 4.98 Å². The van der Waals surface area contributed by atoms with Crippen LogP contribution in [0.15, 0.2) is 10.9 Å². The van der Waals surface area contributed by atoms with Crippen LogP contribution in [0, 0.1) is 0 Å². The van der Waals surface area contributed by atoms with Gasteiger partial charge < -0.3 is 10.2 Å². The van der Waals surface area contributed by atoms with Crippen LogP contribution in [-0.2, 0) is 11.3 Å². The van der Waals surface area contributed by atoms with E-state index in [2.05, 4.69) is 10.3 Å². The summed E-state index contributed by atoms with van der Waals surface area (Å²) in [5.41, 5.74) is 2.89. The highest BCUT2D eigenvalue weighted by Gasteiger charge is 2.02. The number of carbonyl (C=O) groups is 1. The Labute approximate surface area is 106 Å². The molecular formula is C10H18ClN3OS. The van der Waals surface area contributed by atoms with Gasteiger partial charge in [-0.15, -0.1) is 23.7 Å². The second-order valence-electron chi connectivity index (χ2n) is 3.55. The lowest BCUT2D eigenvalue weighted by atomic mass is 10.3. The molecule has 0 aliphatic carbocycles. The highest BCUT2D eigenvalue weighted by molar-refractivity contribution is 7.07. The summed E-state index contributed by atoms with van der Waals surface area (Å²) < 4.78 is 0. The number of amides is 1. The van der Waals surface area contributed by atoms with E-state index in [1.165, 1.54) is 0 Å². The van der Waals surface area contributed by atoms with Gasteiger partial charge >= 0.3 is 0 Å². The third-order valence-electron chi connectivity index (χ3n) is 2.03. The third kappa shape index (κ3) is 6.05. The molecule has 4 nitrogen and oxygen atoms in total. The Morgan fingerprint density at radius 1 is 1.56 bits per heavy atom. The number of hydrogen-bond acceptors (Lipinski definition) is 4. The zero-order chi connectivity index (χ0) is 11.1. The van der Waals surface area contributed by atoms with Crippen molar-refractivity contribution < 1.29 is 4.79 Å². The van der Waals surface area contributed by atoms with Crippen molar-refractivity contribution in [2.45, 2.75) is 19.4 Å². The number of rotatable bonds is 6. The lowest BCUT2D eigenvalue weighted by Crippen LogP contribution is -2.23. The Bertz CT molecular complexity index is 290. The molecule has 0 atom stereocenters. The highest BCUT2D eigenvalue weighted by Crippen LogP contribution is 2.00. The summed E-state index contributed by atoms with van der Waals surface area (Å²) in [5.74, 6) is 0.186. The van der Waals surface area contributed by atoms with E-state index in [-0.39, 0.29) is 18.3 Å². The third-order valence-corrected chi connectivity index (χ3v) is 2.67. The van der Waals surface area contributed by atoms with Crippen molar-refractivity contribution in [3.63, 3.8) is 0 Å². The van der Waals surface area contributed by atoms with Crippen LogP contribution < -0.4 is 5.32 Å². The van der Waals surface area contributed by atoms with Gasteiger partial charge in [-0.2, -0.15) is 0 Å². The van der Waals surface area contributed by atoms with Crippen LogP contribution in [0.4, 0.5) is 0 Å². The first-order valence-corrected chi connectivity index (χ1v) is 5.92. The zero-order valence-electron chi connectivity index (χ0n) is 9.60. The molecule has 1 amide bonds. The molecule has 0 aliphatic rings. The zero-order valence-corrected chi connectivity index (χ0v) is 11.2. The summed E-state index contributed by atoms with van der Waals surface area (Å²) in [6.07, 6.45) is 1.48. The topological polar surface area (TPSA) is 45.2 Å². The van der Waals surface area contributed by atoms with E-state index >= 15 is 0 Å². The molecule has 0 fully saturated rings. The average Bonchev–Trinajstić information content (AvgIpc) is 2.69. The van der Waals surface area contributed by atoms with Gasteiger partial charge in [0.05, 0.1) is 11.2 Å². The standard InChI is InChI=1S/C10H17N3OS.ClH/c1-13(2)10(14)4-3-5-11-6-9-7-15-8-12-9;/h7-8,11H,3-6H2,1-2H3;1H. The first-order chi connectivity index (χ1) is 7.20. The molecule has 6 heteroatoms. The smallest absolute Gasteiger partial charge is 0.222 e.